The summed E-state index contributed by atoms with van der Waals surface area (Å²) in [5, 5.41) is 0. The molecular weight excluding hydrogens is 302 g/mol. The van der Waals surface area contributed by atoms with Crippen LogP contribution in [0.1, 0.15) is 24.6 Å². The van der Waals surface area contributed by atoms with Crippen LogP contribution in [0.4, 0.5) is 0 Å². The van der Waals surface area contributed by atoms with Gasteiger partial charge in [0, 0.05) is 44.7 Å². The van der Waals surface area contributed by atoms with Gasteiger partial charge in [-0.05, 0) is 12.8 Å². The normalized spacial score (nSPS) is 18.3. The molecule has 1 aliphatic heterocycles. The van der Waals surface area contributed by atoms with Crippen molar-refractivity contribution in [3.05, 3.63) is 16.6 Å². The molecule has 2 amide bonds. The largest absolute Gasteiger partial charge is 0.383 e. The first-order chi connectivity index (χ1) is 10.6. The number of nitrogens with zero attached hydrogens (tertiary/aromatic N) is 3. The van der Waals surface area contributed by atoms with Gasteiger partial charge >= 0.3 is 0 Å². The van der Waals surface area contributed by atoms with Crippen molar-refractivity contribution >= 4 is 23.2 Å². The highest BCUT2D eigenvalue weighted by Crippen LogP contribution is 2.20. The number of carbonyl (C=O) groups is 2. The van der Waals surface area contributed by atoms with Gasteiger partial charge in [0.1, 0.15) is 0 Å². The number of likely N-dealkylation sites (tertiary alicyclic amines) is 1. The molecule has 2 heterocycles. The minimum Gasteiger partial charge on any atom is -0.383 e. The van der Waals surface area contributed by atoms with Crippen molar-refractivity contribution in [3.8, 4) is 0 Å². The molecule has 0 N–H and O–H groups in total. The summed E-state index contributed by atoms with van der Waals surface area (Å²) in [6.45, 7) is 4.47. The maximum atomic E-state index is 12.8. The van der Waals surface area contributed by atoms with Gasteiger partial charge in [-0.3, -0.25) is 14.6 Å². The number of amides is 2. The standard InChI is InChI=1S/C15H23N3O3S/c1-12(19)17-5-3-4-13(9-17)15(20)18(6-7-21-2)10-14-8-16-11-22-14/h8,11,13H,3-7,9-10H2,1-2H3. The van der Waals surface area contributed by atoms with Gasteiger partial charge in [-0.1, -0.05) is 0 Å². The fraction of sp³-hybridized carbons (Fsp3) is 0.667. The van der Waals surface area contributed by atoms with Gasteiger partial charge in [0.25, 0.3) is 0 Å². The number of carbonyl (C=O) groups excluding carboxylic acids is 2. The molecule has 1 aromatic rings. The number of hydrogen-bond acceptors (Lipinski definition) is 5. The van der Waals surface area contributed by atoms with Crippen molar-refractivity contribution in [3.63, 3.8) is 0 Å². The maximum Gasteiger partial charge on any atom is 0.227 e. The second kappa shape index (κ2) is 8.24. The first-order valence-corrected chi connectivity index (χ1v) is 8.40. The highest BCUT2D eigenvalue weighted by atomic mass is 32.1. The van der Waals surface area contributed by atoms with E-state index in [9.17, 15) is 9.59 Å². The summed E-state index contributed by atoms with van der Waals surface area (Å²) in [5.41, 5.74) is 1.77. The minimum atomic E-state index is -0.109. The monoisotopic (exact) mass is 325 g/mol. The van der Waals surface area contributed by atoms with E-state index >= 15 is 0 Å². The summed E-state index contributed by atoms with van der Waals surface area (Å²) in [5.74, 6) is 0.0437. The second-order valence-corrected chi connectivity index (χ2v) is 6.50. The molecule has 1 fully saturated rings. The molecule has 1 saturated heterocycles. The molecule has 0 radical (unpaired) electrons. The Balaban J connectivity index is 2.02. The fourth-order valence-corrected chi connectivity index (χ4v) is 3.31. The molecule has 122 valence electrons. The lowest BCUT2D eigenvalue weighted by Crippen LogP contribution is -2.46. The maximum absolute atomic E-state index is 12.8. The Morgan fingerprint density at radius 2 is 2.36 bits per heavy atom. The van der Waals surface area contributed by atoms with Crippen LogP contribution in [-0.4, -0.2) is 59.9 Å². The van der Waals surface area contributed by atoms with Crippen LogP contribution in [0, 0.1) is 5.92 Å². The quantitative estimate of drug-likeness (QED) is 0.793. The van der Waals surface area contributed by atoms with Gasteiger partial charge < -0.3 is 14.5 Å². The molecule has 1 aromatic heterocycles. The summed E-state index contributed by atoms with van der Waals surface area (Å²) in [6.07, 6.45) is 3.52. The molecule has 22 heavy (non-hydrogen) atoms. The third-order valence-corrected chi connectivity index (χ3v) is 4.69. The van der Waals surface area contributed by atoms with Crippen molar-refractivity contribution in [1.29, 1.82) is 0 Å². The van der Waals surface area contributed by atoms with Crippen molar-refractivity contribution in [1.82, 2.24) is 14.8 Å². The lowest BCUT2D eigenvalue weighted by atomic mass is 9.96. The van der Waals surface area contributed by atoms with Crippen LogP contribution in [0.3, 0.4) is 0 Å². The SMILES string of the molecule is COCCN(Cc1cncs1)C(=O)C1CCCN(C(C)=O)C1. The number of ether oxygens (including phenoxy) is 1. The summed E-state index contributed by atoms with van der Waals surface area (Å²) in [4.78, 5) is 33.1. The van der Waals surface area contributed by atoms with E-state index in [1.54, 1.807) is 42.0 Å². The van der Waals surface area contributed by atoms with Crippen LogP contribution in [0.5, 0.6) is 0 Å². The van der Waals surface area contributed by atoms with E-state index in [0.29, 0.717) is 26.2 Å². The minimum absolute atomic E-state index is 0.0448. The fourth-order valence-electron chi connectivity index (χ4n) is 2.70. The molecule has 1 aliphatic rings. The van der Waals surface area contributed by atoms with E-state index in [2.05, 4.69) is 4.98 Å². The highest BCUT2D eigenvalue weighted by Gasteiger charge is 2.30. The van der Waals surface area contributed by atoms with E-state index in [-0.39, 0.29) is 17.7 Å². The Kier molecular flexibility index (Phi) is 6.33. The Hall–Kier alpha value is -1.47. The van der Waals surface area contributed by atoms with Crippen LogP contribution in [0.15, 0.2) is 11.7 Å². The van der Waals surface area contributed by atoms with Crippen LogP contribution in [-0.2, 0) is 20.9 Å². The number of methoxy groups -OCH3 is 1. The van der Waals surface area contributed by atoms with E-state index in [0.717, 1.165) is 24.3 Å². The number of thiazole rings is 1. The second-order valence-electron chi connectivity index (χ2n) is 5.52. The molecule has 0 aromatic carbocycles. The zero-order chi connectivity index (χ0) is 15.9. The van der Waals surface area contributed by atoms with E-state index in [1.807, 2.05) is 4.90 Å². The molecule has 0 bridgehead atoms. The number of piperidine rings is 1. The van der Waals surface area contributed by atoms with Crippen LogP contribution in [0.2, 0.25) is 0 Å². The van der Waals surface area contributed by atoms with Crippen molar-refractivity contribution in [2.45, 2.75) is 26.3 Å². The number of hydrogen-bond donors (Lipinski definition) is 0. The molecule has 1 atom stereocenters. The molecule has 2 rings (SSSR count). The van der Waals surface area contributed by atoms with Gasteiger partial charge in [-0.15, -0.1) is 11.3 Å². The van der Waals surface area contributed by atoms with Crippen LogP contribution < -0.4 is 0 Å². The average Bonchev–Trinajstić information content (AvgIpc) is 3.04. The van der Waals surface area contributed by atoms with Gasteiger partial charge in [-0.25, -0.2) is 0 Å². The first-order valence-electron chi connectivity index (χ1n) is 7.52. The Morgan fingerprint density at radius 1 is 1.55 bits per heavy atom. The highest BCUT2D eigenvalue weighted by molar-refractivity contribution is 7.09. The molecule has 6 nitrogen and oxygen atoms in total. The van der Waals surface area contributed by atoms with E-state index in [1.165, 1.54) is 0 Å². The molecular formula is C15H23N3O3S. The summed E-state index contributed by atoms with van der Waals surface area (Å²) in [7, 11) is 1.63. The zero-order valence-electron chi connectivity index (χ0n) is 13.2. The predicted molar refractivity (Wildman–Crippen MR) is 84.4 cm³/mol. The lowest BCUT2D eigenvalue weighted by molar-refractivity contribution is -0.141. The van der Waals surface area contributed by atoms with Crippen LogP contribution >= 0.6 is 11.3 Å². The van der Waals surface area contributed by atoms with Crippen molar-refractivity contribution in [2.75, 3.05) is 33.4 Å². The van der Waals surface area contributed by atoms with Crippen molar-refractivity contribution < 1.29 is 14.3 Å². The summed E-state index contributed by atoms with van der Waals surface area (Å²) < 4.78 is 5.12. The molecule has 7 heteroatoms. The Labute approximate surface area is 135 Å². The van der Waals surface area contributed by atoms with Gasteiger partial charge in [0.2, 0.25) is 11.8 Å². The number of aromatic nitrogens is 1. The van der Waals surface area contributed by atoms with Gasteiger partial charge in [-0.2, -0.15) is 0 Å². The van der Waals surface area contributed by atoms with Crippen LogP contribution in [0.25, 0.3) is 0 Å². The zero-order valence-corrected chi connectivity index (χ0v) is 14.0. The van der Waals surface area contributed by atoms with Gasteiger partial charge in [0.15, 0.2) is 0 Å². The molecule has 0 aliphatic carbocycles. The molecule has 1 unspecified atom stereocenters. The molecule has 0 saturated carbocycles. The summed E-state index contributed by atoms with van der Waals surface area (Å²) in [6, 6.07) is 0. The topological polar surface area (TPSA) is 62.7 Å². The first kappa shape index (κ1) is 16.9. The van der Waals surface area contributed by atoms with E-state index in [4.69, 9.17) is 4.74 Å². The predicted octanol–water partition coefficient (Wildman–Crippen LogP) is 1.38. The van der Waals surface area contributed by atoms with E-state index < -0.39 is 0 Å². The average molecular weight is 325 g/mol. The Morgan fingerprint density at radius 3 is 3.00 bits per heavy atom. The summed E-state index contributed by atoms with van der Waals surface area (Å²) >= 11 is 1.54. The third kappa shape index (κ3) is 4.51. The third-order valence-electron chi connectivity index (χ3n) is 3.92. The lowest BCUT2D eigenvalue weighted by Gasteiger charge is -2.34. The van der Waals surface area contributed by atoms with Gasteiger partial charge in [0.05, 0.1) is 24.6 Å². The smallest absolute Gasteiger partial charge is 0.227 e. The number of rotatable bonds is 6. The Bertz CT molecular complexity index is 492. The molecule has 0 spiro atoms. The van der Waals surface area contributed by atoms with Crippen molar-refractivity contribution in [2.24, 2.45) is 5.92 Å².